The van der Waals surface area contributed by atoms with Gasteiger partial charge in [-0.25, -0.2) is 4.98 Å². The first kappa shape index (κ1) is 6.62. The molecule has 9 heavy (non-hydrogen) atoms. The van der Waals surface area contributed by atoms with Gasteiger partial charge in [0.1, 0.15) is 5.82 Å². The zero-order chi connectivity index (χ0) is 6.69. The SMILES string of the molecule is CCC(Cl)c1ncc[nH]1. The van der Waals surface area contributed by atoms with Crippen LogP contribution in [0, 0.1) is 0 Å². The highest BCUT2D eigenvalue weighted by Crippen LogP contribution is 2.18. The second-order valence-electron chi connectivity index (χ2n) is 1.85. The Morgan fingerprint density at radius 3 is 3.11 bits per heavy atom. The minimum absolute atomic E-state index is 0.0417. The van der Waals surface area contributed by atoms with E-state index in [1.54, 1.807) is 12.4 Å². The predicted octanol–water partition coefficient (Wildman–Crippen LogP) is 2.10. The molecule has 1 atom stereocenters. The van der Waals surface area contributed by atoms with Crippen LogP contribution in [0.25, 0.3) is 0 Å². The lowest BCUT2D eigenvalue weighted by molar-refractivity contribution is 0.823. The van der Waals surface area contributed by atoms with E-state index in [1.165, 1.54) is 0 Å². The van der Waals surface area contributed by atoms with E-state index in [9.17, 15) is 0 Å². The molecular formula is C6H9ClN2. The average Bonchev–Trinajstić information content (AvgIpc) is 2.37. The lowest BCUT2D eigenvalue weighted by Crippen LogP contribution is -1.89. The molecule has 0 aliphatic heterocycles. The van der Waals surface area contributed by atoms with Crippen molar-refractivity contribution in [3.63, 3.8) is 0 Å². The average molecular weight is 145 g/mol. The summed E-state index contributed by atoms with van der Waals surface area (Å²) in [6, 6.07) is 0. The summed E-state index contributed by atoms with van der Waals surface area (Å²) in [6.45, 7) is 2.03. The third kappa shape index (κ3) is 1.45. The molecule has 0 aromatic carbocycles. The fourth-order valence-electron chi connectivity index (χ4n) is 0.642. The van der Waals surface area contributed by atoms with Gasteiger partial charge in [-0.2, -0.15) is 0 Å². The zero-order valence-electron chi connectivity index (χ0n) is 5.26. The molecular weight excluding hydrogens is 136 g/mol. The van der Waals surface area contributed by atoms with Crippen molar-refractivity contribution in [2.24, 2.45) is 0 Å². The summed E-state index contributed by atoms with van der Waals surface area (Å²) in [7, 11) is 0. The molecule has 0 fully saturated rings. The number of imidazole rings is 1. The second-order valence-corrected chi connectivity index (χ2v) is 2.38. The first-order chi connectivity index (χ1) is 4.34. The first-order valence-corrected chi connectivity index (χ1v) is 3.41. The smallest absolute Gasteiger partial charge is 0.124 e. The van der Waals surface area contributed by atoms with Gasteiger partial charge in [-0.3, -0.25) is 0 Å². The van der Waals surface area contributed by atoms with Gasteiger partial charge in [0.05, 0.1) is 5.38 Å². The number of H-pyrrole nitrogens is 1. The summed E-state index contributed by atoms with van der Waals surface area (Å²) in [4.78, 5) is 6.94. The molecule has 0 aliphatic rings. The molecule has 0 saturated carbocycles. The van der Waals surface area contributed by atoms with Gasteiger partial charge in [0.2, 0.25) is 0 Å². The van der Waals surface area contributed by atoms with E-state index in [0.717, 1.165) is 12.2 Å². The number of rotatable bonds is 2. The van der Waals surface area contributed by atoms with Crippen LogP contribution < -0.4 is 0 Å². The summed E-state index contributed by atoms with van der Waals surface area (Å²) in [5, 5.41) is 0.0417. The predicted molar refractivity (Wildman–Crippen MR) is 37.5 cm³/mol. The summed E-state index contributed by atoms with van der Waals surface area (Å²) in [5.74, 6) is 0.860. The Morgan fingerprint density at radius 2 is 2.67 bits per heavy atom. The van der Waals surface area contributed by atoms with Crippen molar-refractivity contribution in [2.75, 3.05) is 0 Å². The summed E-state index contributed by atoms with van der Waals surface area (Å²) in [5.41, 5.74) is 0. The minimum atomic E-state index is 0.0417. The molecule has 0 saturated heterocycles. The van der Waals surface area contributed by atoms with Crippen molar-refractivity contribution in [1.29, 1.82) is 0 Å². The van der Waals surface area contributed by atoms with Gasteiger partial charge in [0.15, 0.2) is 0 Å². The van der Waals surface area contributed by atoms with E-state index in [4.69, 9.17) is 11.6 Å². The van der Waals surface area contributed by atoms with Crippen molar-refractivity contribution < 1.29 is 0 Å². The topological polar surface area (TPSA) is 28.7 Å². The molecule has 0 aliphatic carbocycles. The zero-order valence-corrected chi connectivity index (χ0v) is 6.02. The van der Waals surface area contributed by atoms with Crippen molar-refractivity contribution in [2.45, 2.75) is 18.7 Å². The van der Waals surface area contributed by atoms with Crippen LogP contribution in [-0.4, -0.2) is 9.97 Å². The number of aromatic nitrogens is 2. The first-order valence-electron chi connectivity index (χ1n) is 2.98. The Hall–Kier alpha value is -0.500. The third-order valence-corrected chi connectivity index (χ3v) is 1.69. The quantitative estimate of drug-likeness (QED) is 0.633. The highest BCUT2D eigenvalue weighted by atomic mass is 35.5. The van der Waals surface area contributed by atoms with E-state index in [0.29, 0.717) is 0 Å². The van der Waals surface area contributed by atoms with Crippen LogP contribution in [0.15, 0.2) is 12.4 Å². The van der Waals surface area contributed by atoms with Crippen LogP contribution in [0.1, 0.15) is 24.5 Å². The summed E-state index contributed by atoms with van der Waals surface area (Å²) >= 11 is 5.84. The summed E-state index contributed by atoms with van der Waals surface area (Å²) in [6.07, 6.45) is 4.40. The molecule has 1 rings (SSSR count). The fourth-order valence-corrected chi connectivity index (χ4v) is 0.761. The molecule has 0 bridgehead atoms. The standard InChI is InChI=1S/C6H9ClN2/c1-2-5(7)6-8-3-4-9-6/h3-5H,2H2,1H3,(H,8,9). The number of alkyl halides is 1. The van der Waals surface area contributed by atoms with Crippen LogP contribution in [0.3, 0.4) is 0 Å². The monoisotopic (exact) mass is 144 g/mol. The van der Waals surface area contributed by atoms with Crippen molar-refractivity contribution in [1.82, 2.24) is 9.97 Å². The van der Waals surface area contributed by atoms with E-state index in [2.05, 4.69) is 9.97 Å². The van der Waals surface area contributed by atoms with Crippen molar-refractivity contribution >= 4 is 11.6 Å². The lowest BCUT2D eigenvalue weighted by Gasteiger charge is -1.98. The normalized spacial score (nSPS) is 13.6. The number of nitrogens with zero attached hydrogens (tertiary/aromatic N) is 1. The van der Waals surface area contributed by atoms with Gasteiger partial charge in [0.25, 0.3) is 0 Å². The van der Waals surface area contributed by atoms with E-state index in [1.807, 2.05) is 6.92 Å². The van der Waals surface area contributed by atoms with Gasteiger partial charge in [-0.15, -0.1) is 11.6 Å². The number of nitrogens with one attached hydrogen (secondary N) is 1. The molecule has 1 N–H and O–H groups in total. The van der Waals surface area contributed by atoms with E-state index < -0.39 is 0 Å². The largest absolute Gasteiger partial charge is 0.347 e. The molecule has 0 amide bonds. The molecule has 1 unspecified atom stereocenters. The van der Waals surface area contributed by atoms with Crippen LogP contribution in [0.4, 0.5) is 0 Å². The number of halogens is 1. The molecule has 1 aromatic heterocycles. The Morgan fingerprint density at radius 1 is 1.89 bits per heavy atom. The van der Waals surface area contributed by atoms with Crippen LogP contribution in [0.2, 0.25) is 0 Å². The molecule has 1 heterocycles. The fraction of sp³-hybridized carbons (Fsp3) is 0.500. The number of aromatic amines is 1. The number of hydrogen-bond donors (Lipinski definition) is 1. The molecule has 3 heteroatoms. The molecule has 50 valence electrons. The maximum absolute atomic E-state index is 5.84. The van der Waals surface area contributed by atoms with Gasteiger partial charge >= 0.3 is 0 Å². The van der Waals surface area contributed by atoms with E-state index in [-0.39, 0.29) is 5.38 Å². The van der Waals surface area contributed by atoms with Crippen LogP contribution >= 0.6 is 11.6 Å². The second kappa shape index (κ2) is 2.87. The third-order valence-electron chi connectivity index (χ3n) is 1.17. The van der Waals surface area contributed by atoms with Crippen molar-refractivity contribution in [3.8, 4) is 0 Å². The summed E-state index contributed by atoms with van der Waals surface area (Å²) < 4.78 is 0. The Balaban J connectivity index is 2.65. The van der Waals surface area contributed by atoms with Gasteiger partial charge in [0, 0.05) is 12.4 Å². The maximum Gasteiger partial charge on any atom is 0.124 e. The molecule has 0 radical (unpaired) electrons. The highest BCUT2D eigenvalue weighted by molar-refractivity contribution is 6.20. The lowest BCUT2D eigenvalue weighted by atomic mass is 10.3. The molecule has 2 nitrogen and oxygen atoms in total. The van der Waals surface area contributed by atoms with E-state index >= 15 is 0 Å². The van der Waals surface area contributed by atoms with Gasteiger partial charge in [-0.05, 0) is 6.42 Å². The van der Waals surface area contributed by atoms with Crippen molar-refractivity contribution in [3.05, 3.63) is 18.2 Å². The maximum atomic E-state index is 5.84. The van der Waals surface area contributed by atoms with Crippen LogP contribution in [0.5, 0.6) is 0 Å². The minimum Gasteiger partial charge on any atom is -0.347 e. The van der Waals surface area contributed by atoms with Gasteiger partial charge < -0.3 is 4.98 Å². The Bertz CT molecular complexity index is 160. The van der Waals surface area contributed by atoms with Crippen LogP contribution in [-0.2, 0) is 0 Å². The Kier molecular flexibility index (Phi) is 2.11. The molecule has 0 spiro atoms. The number of hydrogen-bond acceptors (Lipinski definition) is 1. The highest BCUT2D eigenvalue weighted by Gasteiger charge is 2.04. The Labute approximate surface area is 59.3 Å². The van der Waals surface area contributed by atoms with Gasteiger partial charge in [-0.1, -0.05) is 6.92 Å². The molecule has 1 aromatic rings.